The number of nitrogens with one attached hydrogen (secondary N) is 3. The summed E-state index contributed by atoms with van der Waals surface area (Å²) in [5.74, 6) is 0.628. The van der Waals surface area contributed by atoms with Gasteiger partial charge in [0.1, 0.15) is 5.75 Å². The molecule has 2 rings (SSSR count). The highest BCUT2D eigenvalue weighted by molar-refractivity contribution is 5.96. The van der Waals surface area contributed by atoms with Crippen molar-refractivity contribution in [3.63, 3.8) is 0 Å². The van der Waals surface area contributed by atoms with Gasteiger partial charge in [-0.15, -0.1) is 0 Å². The van der Waals surface area contributed by atoms with Crippen molar-refractivity contribution >= 4 is 17.6 Å². The van der Waals surface area contributed by atoms with Gasteiger partial charge in [0.2, 0.25) is 0 Å². The highest BCUT2D eigenvalue weighted by Gasteiger charge is 2.06. The molecule has 0 aromatic heterocycles. The lowest BCUT2D eigenvalue weighted by atomic mass is 10.1. The van der Waals surface area contributed by atoms with Crippen LogP contribution in [-0.4, -0.2) is 19.0 Å². The maximum absolute atomic E-state index is 12.4. The average molecular weight is 434 g/mol. The first-order valence-corrected chi connectivity index (χ1v) is 10.5. The third-order valence-corrected chi connectivity index (χ3v) is 4.80. The molecule has 3 N–H and O–H groups in total. The molecule has 168 valence electrons. The van der Waals surface area contributed by atoms with Gasteiger partial charge in [0.05, 0.1) is 7.11 Å². The first kappa shape index (κ1) is 24.5. The van der Waals surface area contributed by atoms with Crippen molar-refractivity contribution in [1.82, 2.24) is 10.6 Å². The van der Waals surface area contributed by atoms with E-state index in [1.165, 1.54) is 0 Å². The van der Waals surface area contributed by atoms with Crippen LogP contribution < -0.4 is 20.7 Å². The van der Waals surface area contributed by atoms with E-state index in [-0.39, 0.29) is 11.9 Å². The molecule has 0 fully saturated rings. The van der Waals surface area contributed by atoms with Crippen LogP contribution in [0.15, 0.2) is 84.5 Å². The monoisotopic (exact) mass is 433 g/mol. The summed E-state index contributed by atoms with van der Waals surface area (Å²) in [7, 11) is 1.61. The van der Waals surface area contributed by atoms with Crippen LogP contribution in [0.4, 0.5) is 10.5 Å². The summed E-state index contributed by atoms with van der Waals surface area (Å²) in [4.78, 5) is 24.5. The number of benzene rings is 2. The second-order valence-corrected chi connectivity index (χ2v) is 7.12. The Morgan fingerprint density at radius 1 is 0.938 bits per heavy atom. The number of urea groups is 1. The van der Waals surface area contributed by atoms with Crippen LogP contribution >= 0.6 is 0 Å². The molecule has 0 saturated carbocycles. The standard InChI is InChI=1S/C26H31N3O3/c1-5-19(3)7-12-22(6-2)25(30)27-17-20-8-13-23(14-9-20)29-26(31)28-18-21-10-15-24(32-4)16-11-21/h6-16H,3,5,17-18H2,1-2,4H3,(H,27,30)(H2,28,29,31)/b12-7-,22-6+. The Morgan fingerprint density at radius 3 is 2.09 bits per heavy atom. The van der Waals surface area contributed by atoms with E-state index in [9.17, 15) is 9.59 Å². The van der Waals surface area contributed by atoms with Gasteiger partial charge in [-0.1, -0.05) is 55.5 Å². The van der Waals surface area contributed by atoms with Crippen LogP contribution in [0.1, 0.15) is 31.4 Å². The maximum Gasteiger partial charge on any atom is 0.319 e. The molecule has 6 nitrogen and oxygen atoms in total. The van der Waals surface area contributed by atoms with E-state index in [1.807, 2.05) is 56.3 Å². The van der Waals surface area contributed by atoms with Crippen molar-refractivity contribution in [3.05, 3.63) is 95.6 Å². The largest absolute Gasteiger partial charge is 0.497 e. The van der Waals surface area contributed by atoms with Gasteiger partial charge in [-0.3, -0.25) is 4.79 Å². The first-order valence-electron chi connectivity index (χ1n) is 10.5. The van der Waals surface area contributed by atoms with E-state index < -0.39 is 0 Å². The van der Waals surface area contributed by atoms with Crippen molar-refractivity contribution in [1.29, 1.82) is 0 Å². The normalized spacial score (nSPS) is 11.2. The second-order valence-electron chi connectivity index (χ2n) is 7.12. The number of amides is 3. The SMILES string of the molecule is C=C(/C=C\C(=C/C)C(=O)NCc1ccc(NC(=O)NCc2ccc(OC)cc2)cc1)CC. The molecule has 0 radical (unpaired) electrons. The molecule has 0 aliphatic carbocycles. The maximum atomic E-state index is 12.4. The molecule has 0 heterocycles. The van der Waals surface area contributed by atoms with Crippen molar-refractivity contribution in [2.45, 2.75) is 33.4 Å². The summed E-state index contributed by atoms with van der Waals surface area (Å²) < 4.78 is 5.12. The molecule has 0 bridgehead atoms. The van der Waals surface area contributed by atoms with Gasteiger partial charge in [0.15, 0.2) is 0 Å². The number of anilines is 1. The molecular weight excluding hydrogens is 402 g/mol. The van der Waals surface area contributed by atoms with Gasteiger partial charge in [0.25, 0.3) is 5.91 Å². The Labute approximate surface area is 190 Å². The summed E-state index contributed by atoms with van der Waals surface area (Å²) in [6.07, 6.45) is 6.25. The molecule has 2 aromatic carbocycles. The summed E-state index contributed by atoms with van der Waals surface area (Å²) >= 11 is 0. The fraction of sp³-hybridized carbons (Fsp3) is 0.231. The van der Waals surface area contributed by atoms with Crippen LogP contribution in [-0.2, 0) is 17.9 Å². The number of allylic oxidation sites excluding steroid dienone is 3. The van der Waals surface area contributed by atoms with Gasteiger partial charge < -0.3 is 20.7 Å². The van der Waals surface area contributed by atoms with E-state index in [1.54, 1.807) is 31.4 Å². The van der Waals surface area contributed by atoms with Crippen molar-refractivity contribution < 1.29 is 14.3 Å². The lowest BCUT2D eigenvalue weighted by Gasteiger charge is -2.10. The summed E-state index contributed by atoms with van der Waals surface area (Å²) in [5.41, 5.74) is 4.13. The third-order valence-electron chi connectivity index (χ3n) is 4.80. The molecule has 3 amide bonds. The molecule has 0 aliphatic rings. The fourth-order valence-corrected chi connectivity index (χ4v) is 2.72. The van der Waals surface area contributed by atoms with E-state index in [4.69, 9.17) is 4.74 Å². The minimum absolute atomic E-state index is 0.146. The van der Waals surface area contributed by atoms with E-state index in [0.29, 0.717) is 24.4 Å². The number of hydrogen-bond acceptors (Lipinski definition) is 3. The van der Waals surface area contributed by atoms with Gasteiger partial charge in [-0.05, 0) is 54.8 Å². The topological polar surface area (TPSA) is 79.5 Å². The van der Waals surface area contributed by atoms with Crippen LogP contribution in [0.25, 0.3) is 0 Å². The zero-order valence-electron chi connectivity index (χ0n) is 18.9. The van der Waals surface area contributed by atoms with E-state index in [2.05, 4.69) is 22.5 Å². The lowest BCUT2D eigenvalue weighted by Crippen LogP contribution is -2.28. The van der Waals surface area contributed by atoms with E-state index >= 15 is 0 Å². The van der Waals surface area contributed by atoms with Crippen molar-refractivity contribution in [2.24, 2.45) is 0 Å². The highest BCUT2D eigenvalue weighted by atomic mass is 16.5. The minimum Gasteiger partial charge on any atom is -0.497 e. The number of ether oxygens (including phenoxy) is 1. The number of carbonyl (C=O) groups excluding carboxylic acids is 2. The second kappa shape index (κ2) is 12.8. The van der Waals surface area contributed by atoms with Gasteiger partial charge in [-0.25, -0.2) is 4.79 Å². The van der Waals surface area contributed by atoms with E-state index in [0.717, 1.165) is 28.9 Å². The van der Waals surface area contributed by atoms with Crippen LogP contribution in [0.3, 0.4) is 0 Å². The molecule has 0 spiro atoms. The fourth-order valence-electron chi connectivity index (χ4n) is 2.72. The summed E-state index contributed by atoms with van der Waals surface area (Å²) in [6, 6.07) is 14.5. The highest BCUT2D eigenvalue weighted by Crippen LogP contribution is 2.12. The van der Waals surface area contributed by atoms with Gasteiger partial charge >= 0.3 is 6.03 Å². The van der Waals surface area contributed by atoms with Crippen LogP contribution in [0.5, 0.6) is 5.75 Å². The molecule has 32 heavy (non-hydrogen) atoms. The van der Waals surface area contributed by atoms with Crippen LogP contribution in [0.2, 0.25) is 0 Å². The quantitative estimate of drug-likeness (QED) is 0.360. The Morgan fingerprint density at radius 2 is 1.53 bits per heavy atom. The minimum atomic E-state index is -0.292. The molecule has 2 aromatic rings. The number of carbonyl (C=O) groups is 2. The molecule has 0 atom stereocenters. The molecule has 0 aliphatic heterocycles. The Kier molecular flexibility index (Phi) is 9.78. The number of rotatable bonds is 10. The summed E-state index contributed by atoms with van der Waals surface area (Å²) in [5, 5.41) is 8.52. The Bertz CT molecular complexity index is 974. The van der Waals surface area contributed by atoms with Crippen LogP contribution in [0, 0.1) is 0 Å². The lowest BCUT2D eigenvalue weighted by molar-refractivity contribution is -0.117. The predicted molar refractivity (Wildman–Crippen MR) is 129 cm³/mol. The number of methoxy groups -OCH3 is 1. The molecule has 0 saturated heterocycles. The summed E-state index contributed by atoms with van der Waals surface area (Å²) in [6.45, 7) is 8.56. The predicted octanol–water partition coefficient (Wildman–Crippen LogP) is 5.10. The van der Waals surface area contributed by atoms with Crippen molar-refractivity contribution in [3.8, 4) is 5.75 Å². The third kappa shape index (κ3) is 8.14. The van der Waals surface area contributed by atoms with Gasteiger partial charge in [0, 0.05) is 24.4 Å². The van der Waals surface area contributed by atoms with Crippen molar-refractivity contribution in [2.75, 3.05) is 12.4 Å². The smallest absolute Gasteiger partial charge is 0.319 e. The Balaban J connectivity index is 1.80. The molecule has 6 heteroatoms. The number of hydrogen-bond donors (Lipinski definition) is 3. The first-order chi connectivity index (χ1) is 15.4. The molecule has 0 unspecified atom stereocenters. The zero-order valence-corrected chi connectivity index (χ0v) is 18.9. The average Bonchev–Trinajstić information content (AvgIpc) is 2.82. The molecular formula is C26H31N3O3. The zero-order chi connectivity index (χ0) is 23.3. The Hall–Kier alpha value is -3.80. The van der Waals surface area contributed by atoms with Gasteiger partial charge in [-0.2, -0.15) is 0 Å².